The molecular formula is C16H15N3O2. The topological polar surface area (TPSA) is 74.2 Å². The number of anilines is 1. The highest BCUT2D eigenvalue weighted by Crippen LogP contribution is 2.40. The van der Waals surface area contributed by atoms with E-state index in [1.807, 2.05) is 43.3 Å². The number of methoxy groups -OCH3 is 1. The summed E-state index contributed by atoms with van der Waals surface area (Å²) in [6.45, 7) is 2.01. The van der Waals surface area contributed by atoms with Crippen molar-refractivity contribution in [1.29, 1.82) is 0 Å². The first-order valence-electron chi connectivity index (χ1n) is 6.52. The summed E-state index contributed by atoms with van der Waals surface area (Å²) >= 11 is 0. The summed E-state index contributed by atoms with van der Waals surface area (Å²) in [4.78, 5) is 4.31. The van der Waals surface area contributed by atoms with Crippen molar-refractivity contribution in [2.24, 2.45) is 0 Å². The number of ether oxygens (including phenoxy) is 1. The van der Waals surface area contributed by atoms with Gasteiger partial charge in [0.15, 0.2) is 0 Å². The summed E-state index contributed by atoms with van der Waals surface area (Å²) in [7, 11) is 1.62. The van der Waals surface area contributed by atoms with E-state index in [9.17, 15) is 0 Å². The van der Waals surface area contributed by atoms with Crippen LogP contribution in [0.15, 0.2) is 47.1 Å². The smallest absolute Gasteiger partial charge is 0.230 e. The molecule has 1 aromatic carbocycles. The van der Waals surface area contributed by atoms with Crippen LogP contribution in [0.3, 0.4) is 0 Å². The van der Waals surface area contributed by atoms with Gasteiger partial charge < -0.3 is 15.0 Å². The van der Waals surface area contributed by atoms with Gasteiger partial charge in [-0.15, -0.1) is 0 Å². The second-order valence-corrected chi connectivity index (χ2v) is 4.69. The predicted octanol–water partition coefficient (Wildman–Crippen LogP) is 3.30. The Bertz CT molecular complexity index is 766. The van der Waals surface area contributed by atoms with Crippen molar-refractivity contribution in [2.45, 2.75) is 6.92 Å². The second kappa shape index (κ2) is 5.28. The molecule has 0 radical (unpaired) electrons. The molecule has 0 aliphatic rings. The predicted molar refractivity (Wildman–Crippen MR) is 80.9 cm³/mol. The van der Waals surface area contributed by atoms with Gasteiger partial charge in [0.2, 0.25) is 5.88 Å². The van der Waals surface area contributed by atoms with Gasteiger partial charge in [-0.25, -0.2) is 0 Å². The molecule has 5 nitrogen and oxygen atoms in total. The lowest BCUT2D eigenvalue weighted by Crippen LogP contribution is -1.93. The Kier molecular flexibility index (Phi) is 3.31. The van der Waals surface area contributed by atoms with Gasteiger partial charge >= 0.3 is 0 Å². The Balaban J connectivity index is 2.24. The fourth-order valence-electron chi connectivity index (χ4n) is 2.26. The number of nitrogen functional groups attached to an aromatic ring is 1. The minimum atomic E-state index is 0.250. The van der Waals surface area contributed by atoms with Crippen LogP contribution in [0.25, 0.3) is 22.5 Å². The van der Waals surface area contributed by atoms with Gasteiger partial charge in [-0.05, 0) is 31.2 Å². The average molecular weight is 281 g/mol. The Labute approximate surface area is 122 Å². The largest absolute Gasteiger partial charge is 0.496 e. The summed E-state index contributed by atoms with van der Waals surface area (Å²) in [6, 6.07) is 11.5. The van der Waals surface area contributed by atoms with Crippen LogP contribution in [0.5, 0.6) is 5.75 Å². The van der Waals surface area contributed by atoms with Crippen LogP contribution in [0, 0.1) is 6.92 Å². The lowest BCUT2D eigenvalue weighted by atomic mass is 10.0. The average Bonchev–Trinajstić information content (AvgIpc) is 2.89. The Morgan fingerprint density at radius 3 is 2.76 bits per heavy atom. The zero-order valence-corrected chi connectivity index (χ0v) is 11.8. The maximum atomic E-state index is 5.97. The number of benzene rings is 1. The van der Waals surface area contributed by atoms with Gasteiger partial charge in [-0.2, -0.15) is 0 Å². The van der Waals surface area contributed by atoms with E-state index in [0.717, 1.165) is 11.1 Å². The Morgan fingerprint density at radius 1 is 1.19 bits per heavy atom. The fourth-order valence-corrected chi connectivity index (χ4v) is 2.26. The zero-order valence-electron chi connectivity index (χ0n) is 11.8. The monoisotopic (exact) mass is 281 g/mol. The number of rotatable bonds is 3. The molecule has 21 heavy (non-hydrogen) atoms. The number of aryl methyl sites for hydroxylation is 1. The first-order chi connectivity index (χ1) is 10.2. The molecule has 0 saturated carbocycles. The number of nitrogens with two attached hydrogens (primary N) is 1. The van der Waals surface area contributed by atoms with E-state index < -0.39 is 0 Å². The highest BCUT2D eigenvalue weighted by molar-refractivity contribution is 5.88. The van der Waals surface area contributed by atoms with Gasteiger partial charge in [0.1, 0.15) is 11.4 Å². The highest BCUT2D eigenvalue weighted by Gasteiger charge is 2.21. The highest BCUT2D eigenvalue weighted by atomic mass is 16.5. The second-order valence-electron chi connectivity index (χ2n) is 4.69. The zero-order chi connectivity index (χ0) is 14.8. The van der Waals surface area contributed by atoms with Gasteiger partial charge in [-0.1, -0.05) is 22.9 Å². The van der Waals surface area contributed by atoms with Crippen LogP contribution in [0.4, 0.5) is 5.88 Å². The minimum absolute atomic E-state index is 0.250. The SMILES string of the molecule is COc1ccc(C)cc1-c1c(-c2ccccn2)noc1N. The van der Waals surface area contributed by atoms with Crippen molar-refractivity contribution in [3.8, 4) is 28.3 Å². The fraction of sp³-hybridized carbons (Fsp3) is 0.125. The summed E-state index contributed by atoms with van der Waals surface area (Å²) in [5.74, 6) is 0.965. The van der Waals surface area contributed by atoms with Crippen molar-refractivity contribution in [2.75, 3.05) is 12.8 Å². The van der Waals surface area contributed by atoms with Crippen molar-refractivity contribution < 1.29 is 9.26 Å². The maximum Gasteiger partial charge on any atom is 0.230 e. The number of nitrogens with zero attached hydrogens (tertiary/aromatic N) is 2. The number of hydrogen-bond acceptors (Lipinski definition) is 5. The molecule has 0 fully saturated rings. The van der Waals surface area contributed by atoms with Crippen molar-refractivity contribution in [1.82, 2.24) is 10.1 Å². The molecule has 0 spiro atoms. The van der Waals surface area contributed by atoms with E-state index >= 15 is 0 Å². The van der Waals surface area contributed by atoms with E-state index in [1.54, 1.807) is 13.3 Å². The van der Waals surface area contributed by atoms with Crippen LogP contribution >= 0.6 is 0 Å². The maximum absolute atomic E-state index is 5.97. The van der Waals surface area contributed by atoms with E-state index in [4.69, 9.17) is 15.0 Å². The molecule has 2 heterocycles. The minimum Gasteiger partial charge on any atom is -0.496 e. The van der Waals surface area contributed by atoms with E-state index in [1.165, 1.54) is 0 Å². The number of hydrogen-bond donors (Lipinski definition) is 1. The summed E-state index contributed by atoms with van der Waals surface area (Å²) in [5.41, 5.74) is 9.93. The molecule has 3 rings (SSSR count). The van der Waals surface area contributed by atoms with Crippen molar-refractivity contribution in [3.05, 3.63) is 48.2 Å². The Morgan fingerprint density at radius 2 is 2.05 bits per heavy atom. The third-order valence-electron chi connectivity index (χ3n) is 3.25. The molecule has 0 amide bonds. The van der Waals surface area contributed by atoms with E-state index in [0.29, 0.717) is 22.7 Å². The summed E-state index contributed by atoms with van der Waals surface area (Å²) in [5, 5.41) is 4.05. The van der Waals surface area contributed by atoms with Crippen molar-refractivity contribution in [3.63, 3.8) is 0 Å². The molecule has 0 aliphatic heterocycles. The van der Waals surface area contributed by atoms with E-state index in [2.05, 4.69) is 10.1 Å². The molecule has 0 aliphatic carbocycles. The third kappa shape index (κ3) is 2.33. The first-order valence-corrected chi connectivity index (χ1v) is 6.52. The van der Waals surface area contributed by atoms with Gasteiger partial charge in [0.25, 0.3) is 0 Å². The van der Waals surface area contributed by atoms with Crippen LogP contribution in [0.1, 0.15) is 5.56 Å². The molecule has 3 aromatic rings. The molecule has 5 heteroatoms. The molecular weight excluding hydrogens is 266 g/mol. The van der Waals surface area contributed by atoms with Crippen molar-refractivity contribution >= 4 is 5.88 Å². The number of aromatic nitrogens is 2. The van der Waals surface area contributed by atoms with Gasteiger partial charge in [0.05, 0.1) is 18.4 Å². The first kappa shape index (κ1) is 13.2. The summed E-state index contributed by atoms with van der Waals surface area (Å²) in [6.07, 6.45) is 1.71. The lowest BCUT2D eigenvalue weighted by molar-refractivity contribution is 0.416. The molecule has 0 bridgehead atoms. The van der Waals surface area contributed by atoms with Crippen LogP contribution in [-0.4, -0.2) is 17.3 Å². The van der Waals surface area contributed by atoms with Crippen LogP contribution in [-0.2, 0) is 0 Å². The molecule has 0 unspecified atom stereocenters. The molecule has 0 saturated heterocycles. The third-order valence-corrected chi connectivity index (χ3v) is 3.25. The quantitative estimate of drug-likeness (QED) is 0.797. The number of pyridine rings is 1. The molecule has 106 valence electrons. The molecule has 2 aromatic heterocycles. The van der Waals surface area contributed by atoms with Crippen LogP contribution < -0.4 is 10.5 Å². The van der Waals surface area contributed by atoms with Gasteiger partial charge in [0, 0.05) is 11.8 Å². The normalized spacial score (nSPS) is 10.6. The standard InChI is InChI=1S/C16H15N3O2/c1-10-6-7-13(20-2)11(9-10)14-15(19-21-16(14)17)12-5-3-4-8-18-12/h3-9H,17H2,1-2H3. The molecule has 0 atom stereocenters. The summed E-state index contributed by atoms with van der Waals surface area (Å²) < 4.78 is 10.6. The lowest BCUT2D eigenvalue weighted by Gasteiger charge is -2.09. The van der Waals surface area contributed by atoms with Crippen LogP contribution in [0.2, 0.25) is 0 Å². The Hall–Kier alpha value is -2.82. The molecule has 2 N–H and O–H groups in total. The van der Waals surface area contributed by atoms with E-state index in [-0.39, 0.29) is 5.88 Å². The van der Waals surface area contributed by atoms with Gasteiger partial charge in [-0.3, -0.25) is 4.98 Å².